The van der Waals surface area contributed by atoms with Crippen molar-refractivity contribution in [2.45, 2.75) is 51.5 Å². The Bertz CT molecular complexity index is 810. The second-order valence-corrected chi connectivity index (χ2v) is 8.84. The lowest BCUT2D eigenvalue weighted by Crippen LogP contribution is -2.48. The lowest BCUT2D eigenvalue weighted by molar-refractivity contribution is -0.152. The highest BCUT2D eigenvalue weighted by molar-refractivity contribution is 5.14. The second kappa shape index (κ2) is 13.4. The minimum atomic E-state index is -1.47. The Morgan fingerprint density at radius 2 is 1.45 bits per heavy atom. The molecule has 0 amide bonds. The number of hydrogen-bond donors (Lipinski definition) is 4. The van der Waals surface area contributed by atoms with Gasteiger partial charge >= 0.3 is 0 Å². The van der Waals surface area contributed by atoms with Gasteiger partial charge in [-0.1, -0.05) is 81.1 Å². The average molecular weight is 461 g/mol. The van der Waals surface area contributed by atoms with Gasteiger partial charge in [0.05, 0.1) is 33.0 Å². The summed E-state index contributed by atoms with van der Waals surface area (Å²) < 4.78 is 16.9. The molecular weight excluding hydrogens is 424 g/mol. The van der Waals surface area contributed by atoms with Crippen molar-refractivity contribution in [3.05, 3.63) is 84.1 Å². The summed E-state index contributed by atoms with van der Waals surface area (Å²) in [4.78, 5) is 0. The van der Waals surface area contributed by atoms with Crippen LogP contribution in [0.25, 0.3) is 0 Å². The molecule has 4 atom stereocenters. The maximum absolute atomic E-state index is 10.8. The molecule has 0 radical (unpaired) electrons. The van der Waals surface area contributed by atoms with Crippen molar-refractivity contribution in [1.29, 1.82) is 0 Å². The molecule has 2 aromatic rings. The van der Waals surface area contributed by atoms with E-state index in [1.54, 1.807) is 13.8 Å². The molecule has 0 fully saturated rings. The Labute approximate surface area is 195 Å². The zero-order valence-electron chi connectivity index (χ0n) is 19.3. The van der Waals surface area contributed by atoms with Gasteiger partial charge in [-0.2, -0.15) is 0 Å². The van der Waals surface area contributed by atoms with Crippen LogP contribution in [-0.2, 0) is 27.4 Å². The molecule has 7 nitrogen and oxygen atoms in total. The minimum absolute atomic E-state index is 0.0222. The topological polar surface area (TPSA) is 109 Å². The van der Waals surface area contributed by atoms with E-state index in [-0.39, 0.29) is 38.8 Å². The third kappa shape index (κ3) is 9.25. The molecule has 0 aliphatic carbocycles. The van der Waals surface area contributed by atoms with Crippen molar-refractivity contribution < 1.29 is 34.6 Å². The van der Waals surface area contributed by atoms with E-state index in [4.69, 9.17) is 14.2 Å². The number of hydrogen-bond acceptors (Lipinski definition) is 7. The van der Waals surface area contributed by atoms with Gasteiger partial charge in [0.2, 0.25) is 0 Å². The molecule has 0 aliphatic heterocycles. The van der Waals surface area contributed by atoms with Crippen molar-refractivity contribution in [3.8, 4) is 0 Å². The van der Waals surface area contributed by atoms with E-state index in [9.17, 15) is 20.4 Å². The molecule has 0 aromatic heterocycles. The van der Waals surface area contributed by atoms with E-state index in [2.05, 4.69) is 6.58 Å². The van der Waals surface area contributed by atoms with Crippen molar-refractivity contribution in [1.82, 2.24) is 0 Å². The van der Waals surface area contributed by atoms with Gasteiger partial charge in [-0.3, -0.25) is 0 Å². The summed E-state index contributed by atoms with van der Waals surface area (Å²) in [6.07, 6.45) is -5.41. The standard InChI is InChI=1S/C26H36O7/c1-19(33-18-26(2,3)17-27)23(29)25(32-15-21-12-8-5-9-13-21)24(30)22(28)16-31-14-20-10-6-4-7-11-20/h4-13,22-25,27-30H,1,14-18H2,2-3H3/t22-,23+,24-,25-/m1/s1. The van der Waals surface area contributed by atoms with Crippen LogP contribution in [0.5, 0.6) is 0 Å². The Kier molecular flexibility index (Phi) is 11.0. The molecule has 182 valence electrons. The minimum Gasteiger partial charge on any atom is -0.495 e. The van der Waals surface area contributed by atoms with E-state index in [1.807, 2.05) is 60.7 Å². The summed E-state index contributed by atoms with van der Waals surface area (Å²) in [6.45, 7) is 7.59. The molecule has 0 saturated heterocycles. The first-order chi connectivity index (χ1) is 15.7. The van der Waals surface area contributed by atoms with E-state index >= 15 is 0 Å². The molecule has 7 heteroatoms. The SMILES string of the molecule is C=C(OCC(C)(C)CO)[C@H](O)[C@@H](OCc1ccccc1)[C@H](O)[C@H](O)COCc1ccccc1. The normalized spacial score (nSPS) is 15.5. The molecule has 0 unspecified atom stereocenters. The van der Waals surface area contributed by atoms with Crippen LogP contribution >= 0.6 is 0 Å². The van der Waals surface area contributed by atoms with Gasteiger partial charge < -0.3 is 34.6 Å². The van der Waals surface area contributed by atoms with E-state index < -0.39 is 29.8 Å². The van der Waals surface area contributed by atoms with Gasteiger partial charge in [-0.15, -0.1) is 0 Å². The number of rotatable bonds is 15. The smallest absolute Gasteiger partial charge is 0.139 e. The Balaban J connectivity index is 2.01. The highest BCUT2D eigenvalue weighted by atomic mass is 16.5. The quantitative estimate of drug-likeness (QED) is 0.302. The lowest BCUT2D eigenvalue weighted by Gasteiger charge is -2.32. The highest BCUT2D eigenvalue weighted by Gasteiger charge is 2.36. The van der Waals surface area contributed by atoms with Gasteiger partial charge in [0, 0.05) is 5.41 Å². The summed E-state index contributed by atoms with van der Waals surface area (Å²) >= 11 is 0. The van der Waals surface area contributed by atoms with E-state index in [1.165, 1.54) is 0 Å². The number of aliphatic hydroxyl groups excluding tert-OH is 4. The lowest BCUT2D eigenvalue weighted by atomic mass is 9.96. The van der Waals surface area contributed by atoms with Crippen LogP contribution in [0.1, 0.15) is 25.0 Å². The largest absolute Gasteiger partial charge is 0.495 e. The molecule has 0 aliphatic rings. The van der Waals surface area contributed by atoms with Crippen molar-refractivity contribution >= 4 is 0 Å². The first-order valence-electron chi connectivity index (χ1n) is 11.0. The Morgan fingerprint density at radius 1 is 0.909 bits per heavy atom. The number of aliphatic hydroxyl groups is 4. The molecule has 0 saturated carbocycles. The third-order valence-electron chi connectivity index (χ3n) is 5.13. The van der Waals surface area contributed by atoms with Crippen molar-refractivity contribution in [2.75, 3.05) is 19.8 Å². The van der Waals surface area contributed by atoms with Gasteiger partial charge in [-0.25, -0.2) is 0 Å². The molecule has 2 rings (SSSR count). The fraction of sp³-hybridized carbons (Fsp3) is 0.462. The van der Waals surface area contributed by atoms with E-state index in [0.717, 1.165) is 11.1 Å². The van der Waals surface area contributed by atoms with Gasteiger partial charge in [0.25, 0.3) is 0 Å². The molecule has 0 spiro atoms. The average Bonchev–Trinajstić information content (AvgIpc) is 2.83. The molecule has 4 N–H and O–H groups in total. The summed E-state index contributed by atoms with van der Waals surface area (Å²) in [5.41, 5.74) is 1.24. The van der Waals surface area contributed by atoms with Gasteiger partial charge in [-0.05, 0) is 11.1 Å². The van der Waals surface area contributed by atoms with Crippen LogP contribution in [0.4, 0.5) is 0 Å². The highest BCUT2D eigenvalue weighted by Crippen LogP contribution is 2.21. The zero-order valence-corrected chi connectivity index (χ0v) is 19.3. The van der Waals surface area contributed by atoms with E-state index in [0.29, 0.717) is 0 Å². The van der Waals surface area contributed by atoms with Crippen LogP contribution in [0, 0.1) is 5.41 Å². The van der Waals surface area contributed by atoms with Crippen molar-refractivity contribution in [2.24, 2.45) is 5.41 Å². The molecular formula is C26H36O7. The number of ether oxygens (including phenoxy) is 3. The first kappa shape index (κ1) is 27.0. The third-order valence-corrected chi connectivity index (χ3v) is 5.13. The van der Waals surface area contributed by atoms with Crippen LogP contribution in [0.15, 0.2) is 73.0 Å². The monoisotopic (exact) mass is 460 g/mol. The predicted octanol–water partition coefficient (Wildman–Crippen LogP) is 2.42. The molecule has 33 heavy (non-hydrogen) atoms. The van der Waals surface area contributed by atoms with Crippen LogP contribution < -0.4 is 0 Å². The second-order valence-electron chi connectivity index (χ2n) is 8.84. The van der Waals surface area contributed by atoms with Crippen molar-refractivity contribution in [3.63, 3.8) is 0 Å². The van der Waals surface area contributed by atoms with Crippen LogP contribution in [-0.4, -0.2) is 64.7 Å². The summed E-state index contributed by atoms with van der Waals surface area (Å²) in [7, 11) is 0. The van der Waals surface area contributed by atoms with Crippen LogP contribution in [0.2, 0.25) is 0 Å². The maximum atomic E-state index is 10.8. The molecule has 0 heterocycles. The van der Waals surface area contributed by atoms with Crippen LogP contribution in [0.3, 0.4) is 0 Å². The Morgan fingerprint density at radius 3 is 2.00 bits per heavy atom. The summed E-state index contributed by atoms with van der Waals surface area (Å²) in [5, 5.41) is 41.5. The van der Waals surface area contributed by atoms with Gasteiger partial charge in [0.1, 0.15) is 30.2 Å². The number of benzene rings is 2. The maximum Gasteiger partial charge on any atom is 0.139 e. The fourth-order valence-corrected chi connectivity index (χ4v) is 2.93. The first-order valence-corrected chi connectivity index (χ1v) is 11.0. The summed E-state index contributed by atoms with van der Waals surface area (Å²) in [6, 6.07) is 18.7. The molecule has 2 aromatic carbocycles. The molecule has 0 bridgehead atoms. The van der Waals surface area contributed by atoms with Gasteiger partial charge in [0.15, 0.2) is 0 Å². The fourth-order valence-electron chi connectivity index (χ4n) is 2.93. The Hall–Kier alpha value is -2.26. The zero-order chi connectivity index (χ0) is 24.3. The predicted molar refractivity (Wildman–Crippen MR) is 125 cm³/mol. The summed E-state index contributed by atoms with van der Waals surface area (Å²) in [5.74, 6) is -0.0222.